The van der Waals surface area contributed by atoms with E-state index in [1.807, 2.05) is 53.5 Å². The molecular formula is C24H28N6OS. The van der Waals surface area contributed by atoms with E-state index in [1.54, 1.807) is 11.8 Å². The van der Waals surface area contributed by atoms with Crippen LogP contribution in [0.15, 0.2) is 58.7 Å². The molecule has 0 saturated carbocycles. The van der Waals surface area contributed by atoms with Gasteiger partial charge < -0.3 is 4.57 Å². The Balaban J connectivity index is 1.37. The molecule has 32 heavy (non-hydrogen) atoms. The topological polar surface area (TPSA) is 70.5 Å². The van der Waals surface area contributed by atoms with Crippen molar-refractivity contribution in [3.8, 4) is 17.1 Å². The maximum absolute atomic E-state index is 13.3. The lowest BCUT2D eigenvalue weighted by molar-refractivity contribution is 0.553. The van der Waals surface area contributed by atoms with Gasteiger partial charge in [0.15, 0.2) is 11.0 Å². The summed E-state index contributed by atoms with van der Waals surface area (Å²) >= 11 is 1.80. The Kier molecular flexibility index (Phi) is 6.39. The summed E-state index contributed by atoms with van der Waals surface area (Å²) in [6.45, 7) is 1.89. The fourth-order valence-electron chi connectivity index (χ4n) is 4.36. The van der Waals surface area contributed by atoms with Crippen molar-refractivity contribution in [3.63, 3.8) is 0 Å². The summed E-state index contributed by atoms with van der Waals surface area (Å²) in [7, 11) is 0. The largest absolute Gasteiger partial charge is 0.324 e. The molecular weight excluding hydrogens is 420 g/mol. The number of rotatable bonds is 8. The Morgan fingerprint density at radius 2 is 1.91 bits per heavy atom. The number of hydrogen-bond acceptors (Lipinski definition) is 5. The number of nitrogens with zero attached hydrogens (tertiary/aromatic N) is 6. The van der Waals surface area contributed by atoms with Crippen molar-refractivity contribution in [2.45, 2.75) is 63.2 Å². The van der Waals surface area contributed by atoms with E-state index in [2.05, 4.69) is 14.8 Å². The SMILES string of the molecule is O=c1c2c3n(c(SCCCCCn4cccn4)nc-2nn1-c1ccccc1)CCCCC3. The Labute approximate surface area is 191 Å². The molecule has 1 aromatic carbocycles. The summed E-state index contributed by atoms with van der Waals surface area (Å²) in [4.78, 5) is 18.2. The Bertz CT molecular complexity index is 1180. The van der Waals surface area contributed by atoms with Crippen LogP contribution in [0.1, 0.15) is 44.2 Å². The predicted octanol–water partition coefficient (Wildman–Crippen LogP) is 4.42. The van der Waals surface area contributed by atoms with Crippen molar-refractivity contribution in [3.05, 3.63) is 64.8 Å². The molecule has 0 radical (unpaired) electrons. The van der Waals surface area contributed by atoms with Crippen LogP contribution in [0, 0.1) is 0 Å². The minimum atomic E-state index is -0.0560. The molecule has 7 nitrogen and oxygen atoms in total. The number of aryl methyl sites for hydroxylation is 1. The molecule has 3 aliphatic rings. The quantitative estimate of drug-likeness (QED) is 0.227. The summed E-state index contributed by atoms with van der Waals surface area (Å²) in [6, 6.07) is 11.6. The molecule has 3 aliphatic heterocycles. The highest BCUT2D eigenvalue weighted by molar-refractivity contribution is 7.99. The number of benzene rings is 1. The number of hydrogen-bond donors (Lipinski definition) is 0. The Morgan fingerprint density at radius 3 is 2.75 bits per heavy atom. The van der Waals surface area contributed by atoms with E-state index >= 15 is 0 Å². The third kappa shape index (κ3) is 4.37. The minimum absolute atomic E-state index is 0.0560. The van der Waals surface area contributed by atoms with Gasteiger partial charge >= 0.3 is 0 Å². The third-order valence-electron chi connectivity index (χ3n) is 5.99. The first-order chi connectivity index (χ1) is 15.8. The van der Waals surface area contributed by atoms with Gasteiger partial charge in [-0.05, 0) is 50.3 Å². The fraction of sp³-hybridized carbons (Fsp3) is 0.417. The summed E-state index contributed by atoms with van der Waals surface area (Å²) < 4.78 is 5.79. The Morgan fingerprint density at radius 1 is 1.00 bits per heavy atom. The van der Waals surface area contributed by atoms with Crippen LogP contribution in [0.4, 0.5) is 0 Å². The van der Waals surface area contributed by atoms with Gasteiger partial charge in [-0.25, -0.2) is 4.98 Å². The van der Waals surface area contributed by atoms with Crippen LogP contribution in [0.5, 0.6) is 0 Å². The van der Waals surface area contributed by atoms with Crippen LogP contribution < -0.4 is 5.56 Å². The lowest BCUT2D eigenvalue weighted by Gasteiger charge is -2.17. The number of unbranched alkanes of at least 4 members (excludes halogenated alkanes) is 2. The van der Waals surface area contributed by atoms with E-state index in [0.29, 0.717) is 11.4 Å². The van der Waals surface area contributed by atoms with Crippen LogP contribution in [0.25, 0.3) is 17.1 Å². The van der Waals surface area contributed by atoms with Gasteiger partial charge in [-0.3, -0.25) is 9.48 Å². The lowest BCUT2D eigenvalue weighted by atomic mass is 10.1. The van der Waals surface area contributed by atoms with Gasteiger partial charge in [-0.15, -0.1) is 5.10 Å². The summed E-state index contributed by atoms with van der Waals surface area (Å²) in [5.41, 5.74) is 2.54. The van der Waals surface area contributed by atoms with Crippen molar-refractivity contribution in [2.24, 2.45) is 0 Å². The number of fused-ring (bicyclic) bond motifs is 3. The van der Waals surface area contributed by atoms with Gasteiger partial charge in [-0.1, -0.05) is 42.8 Å². The molecule has 0 fully saturated rings. The van der Waals surface area contributed by atoms with Crippen molar-refractivity contribution in [1.82, 2.24) is 29.1 Å². The molecule has 0 spiro atoms. The van der Waals surface area contributed by atoms with Crippen LogP contribution in [-0.4, -0.2) is 34.9 Å². The van der Waals surface area contributed by atoms with E-state index in [0.717, 1.165) is 73.9 Å². The molecule has 0 atom stereocenters. The van der Waals surface area contributed by atoms with Crippen molar-refractivity contribution >= 4 is 11.8 Å². The highest BCUT2D eigenvalue weighted by Crippen LogP contribution is 2.30. The van der Waals surface area contributed by atoms with Crippen LogP contribution in [0.3, 0.4) is 0 Å². The molecule has 0 N–H and O–H groups in total. The molecule has 4 heterocycles. The van der Waals surface area contributed by atoms with Gasteiger partial charge in [-0.2, -0.15) is 9.78 Å². The zero-order valence-electron chi connectivity index (χ0n) is 18.2. The second-order valence-electron chi connectivity index (χ2n) is 8.23. The van der Waals surface area contributed by atoms with Gasteiger partial charge in [0.05, 0.1) is 5.69 Å². The van der Waals surface area contributed by atoms with Gasteiger partial charge in [0.2, 0.25) is 0 Å². The highest BCUT2D eigenvalue weighted by atomic mass is 32.2. The van der Waals surface area contributed by atoms with E-state index in [-0.39, 0.29) is 5.56 Å². The summed E-state index contributed by atoms with van der Waals surface area (Å²) in [5.74, 6) is 1.59. The molecule has 166 valence electrons. The first-order valence-corrected chi connectivity index (χ1v) is 12.5. The van der Waals surface area contributed by atoms with Gasteiger partial charge in [0, 0.05) is 36.9 Å². The molecule has 1 aromatic heterocycles. The van der Waals surface area contributed by atoms with E-state index in [4.69, 9.17) is 4.98 Å². The molecule has 0 saturated heterocycles. The zero-order chi connectivity index (χ0) is 21.8. The molecule has 0 aliphatic carbocycles. The lowest BCUT2D eigenvalue weighted by Crippen LogP contribution is -2.19. The van der Waals surface area contributed by atoms with E-state index < -0.39 is 0 Å². The Hall–Kier alpha value is -2.87. The van der Waals surface area contributed by atoms with Crippen molar-refractivity contribution < 1.29 is 0 Å². The first kappa shape index (κ1) is 21.0. The maximum Gasteiger partial charge on any atom is 0.284 e. The number of thioether (sulfide) groups is 1. The van der Waals surface area contributed by atoms with Gasteiger partial charge in [0.25, 0.3) is 5.56 Å². The summed E-state index contributed by atoms with van der Waals surface area (Å²) in [5, 5.41) is 9.89. The molecule has 5 rings (SSSR count). The average molecular weight is 449 g/mol. The number of aromatic nitrogens is 6. The zero-order valence-corrected chi connectivity index (χ0v) is 19.0. The monoisotopic (exact) mass is 448 g/mol. The minimum Gasteiger partial charge on any atom is -0.324 e. The fourth-order valence-corrected chi connectivity index (χ4v) is 5.40. The predicted molar refractivity (Wildman–Crippen MR) is 127 cm³/mol. The standard InChI is InChI=1S/C24H28N6OS/c31-23-21-20-13-6-2-8-17-29(20)24(32-18-9-3-7-15-28-16-10-14-25-28)26-22(21)27-30(23)19-11-4-1-5-12-19/h1,4-5,10-12,14,16H,2-3,6-9,13,15,17-18H2. The maximum atomic E-state index is 13.3. The third-order valence-corrected chi connectivity index (χ3v) is 7.05. The molecule has 0 unspecified atom stereocenters. The van der Waals surface area contributed by atoms with Crippen LogP contribution in [-0.2, 0) is 19.5 Å². The van der Waals surface area contributed by atoms with E-state index in [1.165, 1.54) is 11.1 Å². The average Bonchev–Trinajstić information content (AvgIpc) is 3.37. The summed E-state index contributed by atoms with van der Waals surface area (Å²) in [6.07, 6.45) is 11.6. The van der Waals surface area contributed by atoms with E-state index in [9.17, 15) is 4.79 Å². The van der Waals surface area contributed by atoms with Crippen molar-refractivity contribution in [1.29, 1.82) is 0 Å². The van der Waals surface area contributed by atoms with Gasteiger partial charge in [0.1, 0.15) is 5.56 Å². The van der Waals surface area contributed by atoms with Crippen LogP contribution in [0.2, 0.25) is 0 Å². The second-order valence-corrected chi connectivity index (χ2v) is 9.29. The molecule has 0 bridgehead atoms. The molecule has 0 amide bonds. The molecule has 8 heteroatoms. The van der Waals surface area contributed by atoms with Crippen molar-refractivity contribution in [2.75, 3.05) is 5.75 Å². The molecule has 2 aromatic rings. The highest BCUT2D eigenvalue weighted by Gasteiger charge is 2.26. The van der Waals surface area contributed by atoms with Crippen LogP contribution >= 0.6 is 11.8 Å². The number of para-hydroxylation sites is 1. The second kappa shape index (κ2) is 9.73. The smallest absolute Gasteiger partial charge is 0.284 e. The first-order valence-electron chi connectivity index (χ1n) is 11.5. The normalized spacial score (nSPS) is 13.9.